The van der Waals surface area contributed by atoms with Crippen LogP contribution in [0.15, 0.2) is 71.8 Å². The molecule has 2 aromatic heterocycles. The van der Waals surface area contributed by atoms with Crippen LogP contribution in [-0.2, 0) is 14.8 Å². The second-order valence-electron chi connectivity index (χ2n) is 10.9. The molecular formula is C34H31F2N5O7S. The number of hydrogen-bond acceptors (Lipinski definition) is 10. The van der Waals surface area contributed by atoms with Gasteiger partial charge in [-0.05, 0) is 48.0 Å². The van der Waals surface area contributed by atoms with Gasteiger partial charge in [0.25, 0.3) is 15.9 Å². The quantitative estimate of drug-likeness (QED) is 0.213. The number of anilines is 2. The molecule has 0 aliphatic carbocycles. The Balaban J connectivity index is 1.35. The Morgan fingerprint density at radius 1 is 0.898 bits per heavy atom. The zero-order valence-electron chi connectivity index (χ0n) is 26.6. The number of rotatable bonds is 9. The molecule has 1 saturated heterocycles. The summed E-state index contributed by atoms with van der Waals surface area (Å²) in [6, 6.07) is 14.2. The van der Waals surface area contributed by atoms with Crippen molar-refractivity contribution in [2.45, 2.75) is 4.90 Å². The lowest BCUT2D eigenvalue weighted by molar-refractivity contribution is 0.0300. The minimum Gasteiger partial charge on any atom is -0.492 e. The maximum Gasteiger partial charge on any atom is 0.264 e. The Hall–Kier alpha value is -5.54. The molecule has 15 heteroatoms. The van der Waals surface area contributed by atoms with Crippen LogP contribution in [0.25, 0.3) is 33.2 Å². The number of carbonyl (C=O) groups is 1. The van der Waals surface area contributed by atoms with Crippen molar-refractivity contribution in [3.8, 4) is 39.6 Å². The number of benzene rings is 3. The molecule has 1 fully saturated rings. The van der Waals surface area contributed by atoms with E-state index in [9.17, 15) is 22.0 Å². The molecule has 12 nitrogen and oxygen atoms in total. The molecule has 3 aromatic carbocycles. The van der Waals surface area contributed by atoms with Gasteiger partial charge in [0.1, 0.15) is 28.0 Å². The third kappa shape index (κ3) is 6.49. The average molecular weight is 692 g/mol. The van der Waals surface area contributed by atoms with Crippen molar-refractivity contribution in [1.82, 2.24) is 14.9 Å². The van der Waals surface area contributed by atoms with Gasteiger partial charge in [-0.3, -0.25) is 9.52 Å². The largest absolute Gasteiger partial charge is 0.492 e. The second-order valence-corrected chi connectivity index (χ2v) is 12.6. The number of nitrogens with zero attached hydrogens (tertiary/aromatic N) is 3. The summed E-state index contributed by atoms with van der Waals surface area (Å²) in [6.45, 7) is 1.85. The smallest absolute Gasteiger partial charge is 0.264 e. The molecule has 0 saturated carbocycles. The minimum absolute atomic E-state index is 0.0651. The highest BCUT2D eigenvalue weighted by Gasteiger charge is 2.27. The minimum atomic E-state index is -4.47. The second kappa shape index (κ2) is 13.5. The van der Waals surface area contributed by atoms with Gasteiger partial charge < -0.3 is 29.6 Å². The molecule has 49 heavy (non-hydrogen) atoms. The fourth-order valence-electron chi connectivity index (χ4n) is 5.60. The maximum absolute atomic E-state index is 14.3. The standard InChI is InChI=1S/C34H31F2N5O7S/c1-45-30-23(7-8-24(31(30)46-2)34(42)41-10-12-48-13-11-41)25-14-20-5-4-19(15-27(20)39-32(25)37)21-16-28(33(47-3)38-18-21)40-49(43,44)29-9-6-22(35)17-26(29)36/h4-9,14-18,40H,10-13H2,1-3H3,(H2,37,39). The summed E-state index contributed by atoms with van der Waals surface area (Å²) >= 11 is 0. The summed E-state index contributed by atoms with van der Waals surface area (Å²) in [5.74, 6) is -1.65. The monoisotopic (exact) mass is 691 g/mol. The lowest BCUT2D eigenvalue weighted by Crippen LogP contribution is -2.40. The number of methoxy groups -OCH3 is 3. The van der Waals surface area contributed by atoms with Crippen LogP contribution in [0.4, 0.5) is 20.3 Å². The predicted octanol–water partition coefficient (Wildman–Crippen LogP) is 5.12. The van der Waals surface area contributed by atoms with Gasteiger partial charge in [0, 0.05) is 47.4 Å². The van der Waals surface area contributed by atoms with Crippen molar-refractivity contribution in [2.75, 3.05) is 58.1 Å². The maximum atomic E-state index is 14.3. The van der Waals surface area contributed by atoms with E-state index in [4.69, 9.17) is 24.7 Å². The Morgan fingerprint density at radius 2 is 1.65 bits per heavy atom. The molecule has 0 atom stereocenters. The number of halogens is 2. The number of ether oxygens (including phenoxy) is 4. The fourth-order valence-corrected chi connectivity index (χ4v) is 6.71. The van der Waals surface area contributed by atoms with Crippen LogP contribution < -0.4 is 24.7 Å². The molecule has 254 valence electrons. The number of aromatic nitrogens is 2. The molecule has 0 radical (unpaired) electrons. The van der Waals surface area contributed by atoms with E-state index < -0.39 is 26.6 Å². The number of fused-ring (bicyclic) bond motifs is 1. The fraction of sp³-hybridized carbons (Fsp3) is 0.206. The van der Waals surface area contributed by atoms with Crippen molar-refractivity contribution in [3.05, 3.63) is 84.1 Å². The first-order chi connectivity index (χ1) is 23.5. The van der Waals surface area contributed by atoms with Crippen LogP contribution in [-0.4, -0.2) is 76.8 Å². The van der Waals surface area contributed by atoms with Crippen molar-refractivity contribution < 1.29 is 40.9 Å². The van der Waals surface area contributed by atoms with Crippen LogP contribution in [0.3, 0.4) is 0 Å². The van der Waals surface area contributed by atoms with E-state index in [0.29, 0.717) is 71.5 Å². The molecule has 5 aromatic rings. The molecule has 0 spiro atoms. The van der Waals surface area contributed by atoms with Crippen LogP contribution in [0, 0.1) is 11.6 Å². The summed E-state index contributed by atoms with van der Waals surface area (Å²) < 4.78 is 78.0. The molecule has 1 aliphatic rings. The van der Waals surface area contributed by atoms with Crippen molar-refractivity contribution >= 4 is 38.3 Å². The van der Waals surface area contributed by atoms with Gasteiger partial charge in [0.2, 0.25) is 5.88 Å². The van der Waals surface area contributed by atoms with Crippen molar-refractivity contribution in [3.63, 3.8) is 0 Å². The van der Waals surface area contributed by atoms with E-state index in [1.165, 1.54) is 33.6 Å². The SMILES string of the molecule is COc1ncc(-c2ccc3cc(-c4ccc(C(=O)N5CCOCC5)c(OC)c4OC)c(N)nc3c2)cc1NS(=O)(=O)c1ccc(F)cc1F. The highest BCUT2D eigenvalue weighted by Crippen LogP contribution is 2.43. The Bertz CT molecular complexity index is 2190. The van der Waals surface area contributed by atoms with E-state index in [1.54, 1.807) is 29.2 Å². The first kappa shape index (κ1) is 33.4. The van der Waals surface area contributed by atoms with Crippen molar-refractivity contribution in [1.29, 1.82) is 0 Å². The van der Waals surface area contributed by atoms with E-state index in [2.05, 4.69) is 14.7 Å². The third-order valence-corrected chi connectivity index (χ3v) is 9.39. The highest BCUT2D eigenvalue weighted by molar-refractivity contribution is 7.92. The van der Waals surface area contributed by atoms with E-state index >= 15 is 0 Å². The van der Waals surface area contributed by atoms with Crippen LogP contribution in [0.1, 0.15) is 10.4 Å². The number of carbonyl (C=O) groups excluding carboxylic acids is 1. The number of sulfonamides is 1. The van der Waals surface area contributed by atoms with E-state index in [1.807, 2.05) is 12.1 Å². The molecule has 0 unspecified atom stereocenters. The normalized spacial score (nSPS) is 13.3. The molecule has 3 N–H and O–H groups in total. The molecule has 1 aliphatic heterocycles. The summed E-state index contributed by atoms with van der Waals surface area (Å²) in [5, 5.41) is 0.719. The number of pyridine rings is 2. The van der Waals surface area contributed by atoms with Crippen LogP contribution in [0.5, 0.6) is 17.4 Å². The Morgan fingerprint density at radius 3 is 2.35 bits per heavy atom. The third-order valence-electron chi connectivity index (χ3n) is 7.99. The number of nitrogens with one attached hydrogen (secondary N) is 1. The Kier molecular flexibility index (Phi) is 9.21. The summed E-state index contributed by atoms with van der Waals surface area (Å²) in [4.78, 5) is 23.1. The van der Waals surface area contributed by atoms with Gasteiger partial charge >= 0.3 is 0 Å². The average Bonchev–Trinajstić information content (AvgIpc) is 3.10. The summed E-state index contributed by atoms with van der Waals surface area (Å²) in [5.41, 5.74) is 9.51. The van der Waals surface area contributed by atoms with Gasteiger partial charge in [-0.15, -0.1) is 0 Å². The zero-order chi connectivity index (χ0) is 34.9. The lowest BCUT2D eigenvalue weighted by atomic mass is 9.98. The molecular weight excluding hydrogens is 660 g/mol. The molecule has 0 bridgehead atoms. The molecule has 6 rings (SSSR count). The van der Waals surface area contributed by atoms with E-state index in [0.717, 1.165) is 17.5 Å². The van der Waals surface area contributed by atoms with E-state index in [-0.39, 0.29) is 29.0 Å². The van der Waals surface area contributed by atoms with Crippen molar-refractivity contribution in [2.24, 2.45) is 0 Å². The topological polar surface area (TPSA) is 155 Å². The van der Waals surface area contributed by atoms with Gasteiger partial charge in [-0.2, -0.15) is 0 Å². The van der Waals surface area contributed by atoms with Gasteiger partial charge in [-0.1, -0.05) is 12.1 Å². The number of amides is 1. The number of hydrogen-bond donors (Lipinski definition) is 2. The first-order valence-electron chi connectivity index (χ1n) is 14.9. The van der Waals surface area contributed by atoms with Crippen LogP contribution >= 0.6 is 0 Å². The van der Waals surface area contributed by atoms with Gasteiger partial charge in [0.15, 0.2) is 11.5 Å². The van der Waals surface area contributed by atoms with Gasteiger partial charge in [-0.25, -0.2) is 27.2 Å². The molecule has 3 heterocycles. The Labute approximate surface area is 280 Å². The number of nitrogens with two attached hydrogens (primary N) is 1. The lowest BCUT2D eigenvalue weighted by Gasteiger charge is -2.28. The predicted molar refractivity (Wildman–Crippen MR) is 178 cm³/mol. The number of morpholine rings is 1. The first-order valence-corrected chi connectivity index (χ1v) is 16.4. The number of nitrogen functional groups attached to an aromatic ring is 1. The van der Waals surface area contributed by atoms with Gasteiger partial charge in [0.05, 0.1) is 45.6 Å². The molecule has 1 amide bonds. The zero-order valence-corrected chi connectivity index (χ0v) is 27.4. The highest BCUT2D eigenvalue weighted by atomic mass is 32.2. The van der Waals surface area contributed by atoms with Crippen LogP contribution in [0.2, 0.25) is 0 Å². The summed E-state index contributed by atoms with van der Waals surface area (Å²) in [7, 11) is -0.224. The summed E-state index contributed by atoms with van der Waals surface area (Å²) in [6.07, 6.45) is 1.48.